The molecule has 9 nitrogen and oxygen atoms in total. The number of fused-ring (bicyclic) bond motifs is 1. The van der Waals surface area contributed by atoms with Gasteiger partial charge in [-0.15, -0.1) is 0 Å². The van der Waals surface area contributed by atoms with Gasteiger partial charge in [-0.2, -0.15) is 0 Å². The molecule has 4 fully saturated rings. The van der Waals surface area contributed by atoms with Gasteiger partial charge in [0.25, 0.3) is 0 Å². The number of likely N-dealkylation sites (tertiary alicyclic amines) is 3. The van der Waals surface area contributed by atoms with Crippen LogP contribution >= 0.6 is 11.6 Å². The number of carbonyl (C=O) groups is 3. The van der Waals surface area contributed by atoms with E-state index < -0.39 is 12.3 Å². The van der Waals surface area contributed by atoms with Crippen LogP contribution in [0, 0.1) is 11.8 Å². The lowest BCUT2D eigenvalue weighted by molar-refractivity contribution is -0.145. The summed E-state index contributed by atoms with van der Waals surface area (Å²) in [7, 11) is 0. The van der Waals surface area contributed by atoms with Gasteiger partial charge in [-0.3, -0.25) is 24.3 Å². The van der Waals surface area contributed by atoms with Crippen LogP contribution in [0.25, 0.3) is 0 Å². The summed E-state index contributed by atoms with van der Waals surface area (Å²) in [6.45, 7) is 5.44. The van der Waals surface area contributed by atoms with E-state index in [9.17, 15) is 19.5 Å². The van der Waals surface area contributed by atoms with Crippen molar-refractivity contribution in [2.75, 3.05) is 50.8 Å². The van der Waals surface area contributed by atoms with Crippen molar-refractivity contribution in [3.63, 3.8) is 0 Å². The van der Waals surface area contributed by atoms with Gasteiger partial charge in [-0.1, -0.05) is 17.7 Å². The van der Waals surface area contributed by atoms with E-state index in [2.05, 4.69) is 21.9 Å². The average Bonchev–Trinajstić information content (AvgIpc) is 3.42. The molecule has 4 aliphatic rings. The second kappa shape index (κ2) is 8.53. The molecule has 4 aliphatic heterocycles. The molecule has 0 saturated carbocycles. The summed E-state index contributed by atoms with van der Waals surface area (Å²) in [4.78, 5) is 43.5. The maximum absolute atomic E-state index is 12.4. The molecule has 0 aliphatic carbocycles. The molecular formula is C22H27ClN4O5. The third kappa shape index (κ3) is 3.82. The fourth-order valence-electron chi connectivity index (χ4n) is 5.58. The number of hydrogen-bond acceptors (Lipinski definition) is 6. The Morgan fingerprint density at radius 3 is 2.47 bits per heavy atom. The Bertz CT molecular complexity index is 921. The number of hydrogen-bond donors (Lipinski definition) is 1. The van der Waals surface area contributed by atoms with Gasteiger partial charge in [-0.25, -0.2) is 4.79 Å². The predicted molar refractivity (Wildman–Crippen MR) is 116 cm³/mol. The number of carboxylic acid groups (broad SMARTS) is 1. The van der Waals surface area contributed by atoms with Crippen LogP contribution in [-0.4, -0.2) is 89.8 Å². The van der Waals surface area contributed by atoms with Gasteiger partial charge >= 0.3 is 6.09 Å². The number of amides is 3. The molecular weight excluding hydrogens is 436 g/mol. The monoisotopic (exact) mass is 462 g/mol. The highest BCUT2D eigenvalue weighted by atomic mass is 35.5. The number of ether oxygens (including phenoxy) is 1. The largest absolute Gasteiger partial charge is 0.465 e. The third-order valence-electron chi connectivity index (χ3n) is 7.11. The van der Waals surface area contributed by atoms with Crippen LogP contribution in [-0.2, 0) is 20.9 Å². The molecule has 10 heteroatoms. The van der Waals surface area contributed by atoms with Gasteiger partial charge < -0.3 is 14.7 Å². The highest BCUT2D eigenvalue weighted by molar-refractivity contribution is 6.31. The average molecular weight is 463 g/mol. The lowest BCUT2D eigenvalue weighted by atomic mass is 9.97. The second-order valence-corrected chi connectivity index (χ2v) is 9.41. The zero-order chi connectivity index (χ0) is 22.4. The lowest BCUT2D eigenvalue weighted by Crippen LogP contribution is -2.53. The highest BCUT2D eigenvalue weighted by Gasteiger charge is 2.54. The van der Waals surface area contributed by atoms with E-state index in [-0.39, 0.29) is 36.5 Å². The Morgan fingerprint density at radius 2 is 1.81 bits per heavy atom. The highest BCUT2D eigenvalue weighted by Crippen LogP contribution is 2.40. The van der Waals surface area contributed by atoms with Crippen molar-refractivity contribution in [3.8, 4) is 0 Å². The second-order valence-electron chi connectivity index (χ2n) is 9.00. The predicted octanol–water partition coefficient (Wildman–Crippen LogP) is 1.69. The van der Waals surface area contributed by atoms with Crippen LogP contribution in [0.15, 0.2) is 18.2 Å². The smallest absolute Gasteiger partial charge is 0.408 e. The molecule has 3 unspecified atom stereocenters. The van der Waals surface area contributed by atoms with Crippen molar-refractivity contribution in [2.45, 2.75) is 25.6 Å². The molecule has 0 aromatic heterocycles. The minimum Gasteiger partial charge on any atom is -0.465 e. The summed E-state index contributed by atoms with van der Waals surface area (Å²) in [5, 5.41) is 10.4. The first-order chi connectivity index (χ1) is 15.4. The first kappa shape index (κ1) is 21.5. The molecule has 4 heterocycles. The maximum atomic E-state index is 12.4. The van der Waals surface area contributed by atoms with E-state index >= 15 is 0 Å². The summed E-state index contributed by atoms with van der Waals surface area (Å²) in [6, 6.07) is 6.13. The summed E-state index contributed by atoms with van der Waals surface area (Å²) in [5.41, 5.74) is 2.10. The molecule has 0 radical (unpaired) electrons. The number of rotatable bonds is 4. The Balaban J connectivity index is 1.29. The van der Waals surface area contributed by atoms with Gasteiger partial charge in [0.1, 0.15) is 6.17 Å². The van der Waals surface area contributed by atoms with E-state index in [4.69, 9.17) is 16.3 Å². The van der Waals surface area contributed by atoms with E-state index in [1.165, 1.54) is 9.80 Å². The van der Waals surface area contributed by atoms with E-state index in [1.807, 2.05) is 6.07 Å². The Hall–Kier alpha value is -2.36. The maximum Gasteiger partial charge on any atom is 0.408 e. The number of halogens is 1. The summed E-state index contributed by atoms with van der Waals surface area (Å²) in [5.74, 6) is -0.536. The van der Waals surface area contributed by atoms with Crippen LogP contribution in [0.3, 0.4) is 0 Å². The van der Waals surface area contributed by atoms with Gasteiger partial charge in [0, 0.05) is 68.7 Å². The molecule has 1 N–H and O–H groups in total. The van der Waals surface area contributed by atoms with Crippen LogP contribution in [0.5, 0.6) is 0 Å². The fraction of sp³-hybridized carbons (Fsp3) is 0.591. The fourth-order valence-corrected chi connectivity index (χ4v) is 5.81. The van der Waals surface area contributed by atoms with Crippen LogP contribution in [0.1, 0.15) is 18.4 Å². The molecule has 4 saturated heterocycles. The number of anilines is 1. The molecule has 3 atom stereocenters. The Morgan fingerprint density at radius 1 is 1.09 bits per heavy atom. The molecule has 1 aromatic carbocycles. The van der Waals surface area contributed by atoms with E-state index in [1.54, 1.807) is 0 Å². The van der Waals surface area contributed by atoms with Gasteiger partial charge in [0.2, 0.25) is 11.8 Å². The zero-order valence-corrected chi connectivity index (χ0v) is 18.5. The van der Waals surface area contributed by atoms with Gasteiger partial charge in [0.15, 0.2) is 0 Å². The molecule has 0 spiro atoms. The molecule has 172 valence electrons. The lowest BCUT2D eigenvalue weighted by Gasteiger charge is -2.33. The number of imide groups is 1. The minimum absolute atomic E-state index is 0.0801. The van der Waals surface area contributed by atoms with Crippen LogP contribution in [0.2, 0.25) is 5.02 Å². The Labute approximate surface area is 191 Å². The molecule has 32 heavy (non-hydrogen) atoms. The summed E-state index contributed by atoms with van der Waals surface area (Å²) in [6.07, 6.45) is -1.46. The number of carbonyl (C=O) groups excluding carboxylic acids is 2. The topological polar surface area (TPSA) is 93.6 Å². The molecule has 1 aromatic rings. The van der Waals surface area contributed by atoms with Crippen molar-refractivity contribution in [1.82, 2.24) is 14.7 Å². The van der Waals surface area contributed by atoms with Crippen molar-refractivity contribution in [1.29, 1.82) is 0 Å². The van der Waals surface area contributed by atoms with E-state index in [0.717, 1.165) is 24.3 Å². The van der Waals surface area contributed by atoms with Crippen LogP contribution < -0.4 is 4.90 Å². The SMILES string of the molecule is O=C(O)N1CC2CN(Cc3ccc(N4CCOCC4)cc3Cl)CC2C1N1C(=O)CCC1=O. The van der Waals surface area contributed by atoms with E-state index in [0.29, 0.717) is 44.4 Å². The summed E-state index contributed by atoms with van der Waals surface area (Å²) >= 11 is 6.61. The third-order valence-corrected chi connectivity index (χ3v) is 7.46. The van der Waals surface area contributed by atoms with Gasteiger partial charge in [-0.05, 0) is 23.6 Å². The number of benzene rings is 1. The summed E-state index contributed by atoms with van der Waals surface area (Å²) < 4.78 is 5.41. The zero-order valence-electron chi connectivity index (χ0n) is 17.8. The number of nitrogens with zero attached hydrogens (tertiary/aromatic N) is 4. The van der Waals surface area contributed by atoms with Crippen molar-refractivity contribution < 1.29 is 24.2 Å². The van der Waals surface area contributed by atoms with Gasteiger partial charge in [0.05, 0.1) is 13.2 Å². The minimum atomic E-state index is -1.08. The number of morpholine rings is 1. The first-order valence-corrected chi connectivity index (χ1v) is 11.5. The Kier molecular flexibility index (Phi) is 5.73. The molecule has 5 rings (SSSR count). The standard InChI is InChI=1S/C22H27ClN4O5/c23-18-9-16(25-5-7-32-8-6-25)2-1-14(18)10-24-11-15-12-26(22(30)31)21(17(15)13-24)27-19(28)3-4-20(27)29/h1-2,9,15,17,21H,3-8,10-13H2,(H,30,31). The first-order valence-electron chi connectivity index (χ1n) is 11.1. The van der Waals surface area contributed by atoms with Crippen molar-refractivity contribution in [2.24, 2.45) is 11.8 Å². The van der Waals surface area contributed by atoms with Crippen LogP contribution in [0.4, 0.5) is 10.5 Å². The molecule has 3 amide bonds. The normalized spacial score (nSPS) is 28.7. The van der Waals surface area contributed by atoms with Crippen molar-refractivity contribution in [3.05, 3.63) is 28.8 Å². The van der Waals surface area contributed by atoms with Crippen molar-refractivity contribution >= 4 is 35.2 Å². The quantitative estimate of drug-likeness (QED) is 0.680. The molecule has 0 bridgehead atoms.